The zero-order chi connectivity index (χ0) is 17.8. The van der Waals surface area contributed by atoms with Crippen LogP contribution in [0, 0.1) is 25.7 Å². The number of nitrogens with zero attached hydrogens (tertiary/aromatic N) is 1. The predicted molar refractivity (Wildman–Crippen MR) is 96.4 cm³/mol. The molecule has 2 amide bonds. The zero-order valence-electron chi connectivity index (χ0n) is 15.0. The summed E-state index contributed by atoms with van der Waals surface area (Å²) in [7, 11) is 0. The Morgan fingerprint density at radius 3 is 2.56 bits per heavy atom. The molecule has 1 aromatic rings. The summed E-state index contributed by atoms with van der Waals surface area (Å²) in [5.74, 6) is -0.452. The lowest BCUT2D eigenvalue weighted by atomic mass is 10.1. The first-order valence-corrected chi connectivity index (χ1v) is 9.00. The number of carbonyl (C=O) groups is 2. The van der Waals surface area contributed by atoms with Crippen LogP contribution in [0.1, 0.15) is 17.5 Å². The van der Waals surface area contributed by atoms with E-state index in [0.29, 0.717) is 13.0 Å². The Balaban J connectivity index is 1.39. The Hall–Kier alpha value is -1.92. The largest absolute Gasteiger partial charge is 0.379 e. The number of morpholine rings is 1. The fourth-order valence-corrected chi connectivity index (χ4v) is 3.12. The molecule has 6 nitrogen and oxygen atoms in total. The lowest BCUT2D eigenvalue weighted by Gasteiger charge is -2.26. The maximum Gasteiger partial charge on any atom is 0.228 e. The van der Waals surface area contributed by atoms with Crippen LogP contribution in [0.5, 0.6) is 0 Å². The van der Waals surface area contributed by atoms with Crippen molar-refractivity contribution in [3.8, 4) is 0 Å². The van der Waals surface area contributed by atoms with E-state index >= 15 is 0 Å². The van der Waals surface area contributed by atoms with Gasteiger partial charge >= 0.3 is 0 Å². The first-order chi connectivity index (χ1) is 12.0. The van der Waals surface area contributed by atoms with Crippen LogP contribution < -0.4 is 10.6 Å². The van der Waals surface area contributed by atoms with Gasteiger partial charge in [0, 0.05) is 31.9 Å². The maximum atomic E-state index is 12.3. The minimum absolute atomic E-state index is 0.00602. The number of aryl methyl sites for hydroxylation is 2. The smallest absolute Gasteiger partial charge is 0.228 e. The minimum atomic E-state index is -0.204. The van der Waals surface area contributed by atoms with Crippen LogP contribution in [0.3, 0.4) is 0 Å². The lowest BCUT2D eigenvalue weighted by Crippen LogP contribution is -2.41. The highest BCUT2D eigenvalue weighted by molar-refractivity contribution is 5.99. The molecule has 6 heteroatoms. The van der Waals surface area contributed by atoms with Gasteiger partial charge in [-0.1, -0.05) is 6.07 Å². The second-order valence-corrected chi connectivity index (χ2v) is 6.98. The van der Waals surface area contributed by atoms with E-state index in [9.17, 15) is 9.59 Å². The average molecular weight is 345 g/mol. The maximum absolute atomic E-state index is 12.3. The van der Waals surface area contributed by atoms with Gasteiger partial charge in [0.05, 0.1) is 25.0 Å². The number of rotatable bonds is 6. The van der Waals surface area contributed by atoms with E-state index in [4.69, 9.17) is 4.74 Å². The monoisotopic (exact) mass is 345 g/mol. The van der Waals surface area contributed by atoms with Gasteiger partial charge in [0.15, 0.2) is 0 Å². The molecule has 2 atom stereocenters. The Morgan fingerprint density at radius 1 is 1.12 bits per heavy atom. The molecule has 0 spiro atoms. The summed E-state index contributed by atoms with van der Waals surface area (Å²) in [6.45, 7) is 8.88. The quantitative estimate of drug-likeness (QED) is 0.816. The van der Waals surface area contributed by atoms with Crippen molar-refractivity contribution in [3.05, 3.63) is 29.3 Å². The topological polar surface area (TPSA) is 70.7 Å². The summed E-state index contributed by atoms with van der Waals surface area (Å²) in [6.07, 6.45) is 0.639. The highest BCUT2D eigenvalue weighted by atomic mass is 16.5. The molecule has 2 N–H and O–H groups in total. The van der Waals surface area contributed by atoms with Crippen LogP contribution in [0.2, 0.25) is 0 Å². The third-order valence-corrected chi connectivity index (χ3v) is 5.07. The SMILES string of the molecule is Cc1ccc(NC(=O)C2CC2C(=O)NCCN2CCOCC2)cc1C. The number of hydrogen-bond acceptors (Lipinski definition) is 4. The zero-order valence-corrected chi connectivity index (χ0v) is 15.0. The molecule has 1 aromatic carbocycles. The van der Waals surface area contributed by atoms with Gasteiger partial charge in [-0.05, 0) is 43.5 Å². The van der Waals surface area contributed by atoms with Crippen molar-refractivity contribution in [3.63, 3.8) is 0 Å². The van der Waals surface area contributed by atoms with Gasteiger partial charge in [-0.25, -0.2) is 0 Å². The molecular formula is C19H27N3O3. The van der Waals surface area contributed by atoms with Gasteiger partial charge in [-0.15, -0.1) is 0 Å². The highest BCUT2D eigenvalue weighted by Crippen LogP contribution is 2.39. The molecule has 3 rings (SSSR count). The van der Waals surface area contributed by atoms with E-state index in [-0.39, 0.29) is 23.7 Å². The number of anilines is 1. The van der Waals surface area contributed by atoms with Gasteiger partial charge in [0.25, 0.3) is 0 Å². The number of benzene rings is 1. The van der Waals surface area contributed by atoms with Crippen LogP contribution in [0.15, 0.2) is 18.2 Å². The third kappa shape index (κ3) is 4.80. The van der Waals surface area contributed by atoms with Crippen molar-refractivity contribution >= 4 is 17.5 Å². The number of ether oxygens (including phenoxy) is 1. The van der Waals surface area contributed by atoms with E-state index in [0.717, 1.165) is 44.1 Å². The van der Waals surface area contributed by atoms with Gasteiger partial charge in [-0.3, -0.25) is 14.5 Å². The molecule has 136 valence electrons. The Bertz CT molecular complexity index is 641. The molecule has 0 bridgehead atoms. The summed E-state index contributed by atoms with van der Waals surface area (Å²) in [4.78, 5) is 26.8. The second kappa shape index (κ2) is 7.97. The van der Waals surface area contributed by atoms with Crippen molar-refractivity contribution in [1.82, 2.24) is 10.2 Å². The summed E-state index contributed by atoms with van der Waals surface area (Å²) < 4.78 is 5.30. The summed E-state index contributed by atoms with van der Waals surface area (Å²) in [5.41, 5.74) is 3.14. The van der Waals surface area contributed by atoms with Crippen LogP contribution in [-0.2, 0) is 14.3 Å². The van der Waals surface area contributed by atoms with Crippen molar-refractivity contribution in [2.45, 2.75) is 20.3 Å². The highest BCUT2D eigenvalue weighted by Gasteiger charge is 2.47. The Morgan fingerprint density at radius 2 is 1.84 bits per heavy atom. The van der Waals surface area contributed by atoms with Crippen molar-refractivity contribution < 1.29 is 14.3 Å². The molecule has 1 aliphatic heterocycles. The molecule has 2 fully saturated rings. The first-order valence-electron chi connectivity index (χ1n) is 9.00. The van der Waals surface area contributed by atoms with Gasteiger partial charge in [0.1, 0.15) is 0 Å². The number of amides is 2. The average Bonchev–Trinajstić information content (AvgIpc) is 3.40. The molecule has 0 aromatic heterocycles. The predicted octanol–water partition coefficient (Wildman–Crippen LogP) is 1.33. The number of carbonyl (C=O) groups excluding carboxylic acids is 2. The lowest BCUT2D eigenvalue weighted by molar-refractivity contribution is -0.125. The molecule has 2 unspecified atom stereocenters. The normalized spacial score (nSPS) is 23.1. The van der Waals surface area contributed by atoms with Gasteiger partial charge in [-0.2, -0.15) is 0 Å². The number of hydrogen-bond donors (Lipinski definition) is 2. The third-order valence-electron chi connectivity index (χ3n) is 5.07. The van der Waals surface area contributed by atoms with E-state index in [1.54, 1.807) is 0 Å². The number of nitrogens with one attached hydrogen (secondary N) is 2. The molecule has 1 saturated carbocycles. The molecule has 1 heterocycles. The van der Waals surface area contributed by atoms with E-state index in [1.807, 2.05) is 32.0 Å². The summed E-state index contributed by atoms with van der Waals surface area (Å²) in [6, 6.07) is 5.86. The standard InChI is InChI=1S/C19H27N3O3/c1-13-3-4-15(11-14(13)2)21-19(24)17-12-16(17)18(23)20-5-6-22-7-9-25-10-8-22/h3-4,11,16-17H,5-10,12H2,1-2H3,(H,20,23)(H,21,24). The first kappa shape index (κ1) is 17.9. The van der Waals surface area contributed by atoms with E-state index < -0.39 is 0 Å². The fourth-order valence-electron chi connectivity index (χ4n) is 3.12. The van der Waals surface area contributed by atoms with Gasteiger partial charge in [0.2, 0.25) is 11.8 Å². The Labute approximate surface area is 148 Å². The van der Waals surface area contributed by atoms with Crippen LogP contribution in [-0.4, -0.2) is 56.1 Å². The minimum Gasteiger partial charge on any atom is -0.379 e. The van der Waals surface area contributed by atoms with Crippen LogP contribution >= 0.6 is 0 Å². The fraction of sp³-hybridized carbons (Fsp3) is 0.579. The molecule has 1 aliphatic carbocycles. The molecule has 2 aliphatic rings. The van der Waals surface area contributed by atoms with E-state index in [1.165, 1.54) is 5.56 Å². The molecule has 25 heavy (non-hydrogen) atoms. The second-order valence-electron chi connectivity index (χ2n) is 6.98. The van der Waals surface area contributed by atoms with Crippen molar-refractivity contribution in [2.75, 3.05) is 44.7 Å². The van der Waals surface area contributed by atoms with Crippen LogP contribution in [0.4, 0.5) is 5.69 Å². The van der Waals surface area contributed by atoms with E-state index in [2.05, 4.69) is 15.5 Å². The van der Waals surface area contributed by atoms with Crippen molar-refractivity contribution in [1.29, 1.82) is 0 Å². The van der Waals surface area contributed by atoms with Gasteiger partial charge < -0.3 is 15.4 Å². The summed E-state index contributed by atoms with van der Waals surface area (Å²) in [5, 5.41) is 5.88. The molecule has 1 saturated heterocycles. The van der Waals surface area contributed by atoms with Crippen LogP contribution in [0.25, 0.3) is 0 Å². The molecule has 0 radical (unpaired) electrons. The Kier molecular flexibility index (Phi) is 5.71. The molecular weight excluding hydrogens is 318 g/mol. The van der Waals surface area contributed by atoms with Crippen molar-refractivity contribution in [2.24, 2.45) is 11.8 Å². The summed E-state index contributed by atoms with van der Waals surface area (Å²) >= 11 is 0.